The molecule has 19 heavy (non-hydrogen) atoms. The first kappa shape index (κ1) is 4.64. The highest BCUT2D eigenvalue weighted by Crippen LogP contribution is 2.26. The van der Waals surface area contributed by atoms with Crippen molar-refractivity contribution in [2.45, 2.75) is 19.4 Å². The van der Waals surface area contributed by atoms with Crippen LogP contribution in [0, 0.1) is 6.85 Å². The standard InChI is InChI=1S/C17H21NO/c1-14-8-6-7-11-16(14)19-17(12-13-18-2)15-9-4-3-5-10-15/h3-11,17-18H,12-13H2,1-2H3/i1D3,2D3,6D,7D,8D,11D,13D2,17D. The van der Waals surface area contributed by atoms with E-state index in [9.17, 15) is 0 Å². The predicted octanol–water partition coefficient (Wildman–Crippen LogP) is 3.72. The molecular formula is C17H21NO. The van der Waals surface area contributed by atoms with Crippen LogP contribution in [0.1, 0.15) is 41.4 Å². The van der Waals surface area contributed by atoms with Gasteiger partial charge in [-0.1, -0.05) is 48.5 Å². The van der Waals surface area contributed by atoms with E-state index < -0.39 is 68.3 Å². The van der Waals surface area contributed by atoms with Crippen LogP contribution in [0.25, 0.3) is 0 Å². The molecule has 1 unspecified atom stereocenters. The van der Waals surface area contributed by atoms with Crippen molar-refractivity contribution >= 4 is 0 Å². The van der Waals surface area contributed by atoms with Gasteiger partial charge >= 0.3 is 0 Å². The molecule has 2 aromatic rings. The fraction of sp³-hybridized carbons (Fsp3) is 0.294. The summed E-state index contributed by atoms with van der Waals surface area (Å²) in [4.78, 5) is 0. The van der Waals surface area contributed by atoms with Crippen molar-refractivity contribution in [1.29, 1.82) is 0 Å². The fourth-order valence-corrected chi connectivity index (χ4v) is 1.45. The van der Waals surface area contributed by atoms with Crippen LogP contribution in [0.4, 0.5) is 0 Å². The molecule has 0 bridgehead atoms. The zero-order valence-electron chi connectivity index (χ0n) is 23.0. The van der Waals surface area contributed by atoms with E-state index in [-0.39, 0.29) is 5.56 Å². The topological polar surface area (TPSA) is 21.3 Å². The van der Waals surface area contributed by atoms with Gasteiger partial charge in [0.25, 0.3) is 0 Å². The van der Waals surface area contributed by atoms with Gasteiger partial charge in [-0.15, -0.1) is 0 Å². The Labute approximate surface area is 133 Å². The van der Waals surface area contributed by atoms with Crippen molar-refractivity contribution in [1.82, 2.24) is 5.32 Å². The first-order valence-electron chi connectivity index (χ1n) is 12.0. The average molecular weight is 268 g/mol. The Morgan fingerprint density at radius 1 is 1.37 bits per heavy atom. The summed E-state index contributed by atoms with van der Waals surface area (Å²) in [5.41, 5.74) is -0.847. The smallest absolute Gasteiger partial charge is 0.125 e. The number of hydrogen-bond acceptors (Lipinski definition) is 2. The maximum Gasteiger partial charge on any atom is 0.125 e. The largest absolute Gasteiger partial charge is 0.485 e. The summed E-state index contributed by atoms with van der Waals surface area (Å²) in [7, 11) is 0. The van der Waals surface area contributed by atoms with Gasteiger partial charge < -0.3 is 10.1 Å². The molecule has 0 radical (unpaired) electrons. The Morgan fingerprint density at radius 2 is 2.21 bits per heavy atom. The van der Waals surface area contributed by atoms with Gasteiger partial charge in [0.2, 0.25) is 0 Å². The molecule has 100 valence electrons. The van der Waals surface area contributed by atoms with Gasteiger partial charge in [0.15, 0.2) is 0 Å². The van der Waals surface area contributed by atoms with E-state index in [1.807, 2.05) is 0 Å². The first-order chi connectivity index (χ1) is 14.4. The van der Waals surface area contributed by atoms with Crippen molar-refractivity contribution in [2.24, 2.45) is 0 Å². The molecule has 2 rings (SSSR count). The molecule has 0 heterocycles. The summed E-state index contributed by atoms with van der Waals surface area (Å²) < 4.78 is 107. The van der Waals surface area contributed by atoms with Gasteiger partial charge in [0, 0.05) is 17.4 Å². The molecule has 0 saturated carbocycles. The third-order valence-corrected chi connectivity index (χ3v) is 2.31. The lowest BCUT2D eigenvalue weighted by Crippen LogP contribution is -2.16. The van der Waals surface area contributed by atoms with E-state index >= 15 is 0 Å². The molecule has 1 N–H and O–H groups in total. The minimum atomic E-state index is -3.04. The van der Waals surface area contributed by atoms with Crippen LogP contribution in [0.15, 0.2) is 54.5 Å². The minimum absolute atomic E-state index is 0.0140. The molecule has 2 heteroatoms. The molecule has 0 aromatic heterocycles. The van der Waals surface area contributed by atoms with Gasteiger partial charge in [-0.25, -0.2) is 0 Å². The van der Waals surface area contributed by atoms with E-state index in [0.717, 1.165) is 0 Å². The lowest BCUT2D eigenvalue weighted by molar-refractivity contribution is 0.193. The monoisotopic (exact) mass is 268 g/mol. The second-order valence-corrected chi connectivity index (χ2v) is 3.57. The van der Waals surface area contributed by atoms with Crippen LogP contribution in [0.3, 0.4) is 0 Å². The quantitative estimate of drug-likeness (QED) is 0.862. The van der Waals surface area contributed by atoms with Crippen LogP contribution < -0.4 is 10.1 Å². The predicted molar refractivity (Wildman–Crippen MR) is 79.5 cm³/mol. The molecule has 0 amide bonds. The zero-order valence-corrected chi connectivity index (χ0v) is 10.0. The van der Waals surface area contributed by atoms with Crippen LogP contribution in [0.5, 0.6) is 5.75 Å². The fourth-order valence-electron chi connectivity index (χ4n) is 1.45. The molecule has 0 aliphatic rings. The summed E-state index contributed by atoms with van der Waals surface area (Å²) in [6, 6.07) is 4.02. The van der Waals surface area contributed by atoms with E-state index in [1.54, 1.807) is 11.4 Å². The molecule has 0 spiro atoms. The second kappa shape index (κ2) is 6.95. The molecule has 0 aliphatic carbocycles. The summed E-state index contributed by atoms with van der Waals surface area (Å²) in [6.45, 7) is -8.64. The number of para-hydroxylation sites is 1. The van der Waals surface area contributed by atoms with Crippen LogP contribution in [-0.2, 0) is 0 Å². The van der Waals surface area contributed by atoms with E-state index in [0.29, 0.717) is 0 Å². The molecule has 0 aliphatic heterocycles. The van der Waals surface area contributed by atoms with Crippen LogP contribution >= 0.6 is 0 Å². The SMILES string of the molecule is [2H]c1c([2H])c([2H])c(C([2H])([2H])[2H])c(OC([2H])(CC([2H])([2H])NC([2H])([2H])[2H])c2ccccc2)c1[2H]. The summed E-state index contributed by atoms with van der Waals surface area (Å²) >= 11 is 0. The maximum absolute atomic E-state index is 8.83. The lowest BCUT2D eigenvalue weighted by atomic mass is 10.1. The Bertz CT molecular complexity index is 971. The molecule has 2 nitrogen and oxygen atoms in total. The number of rotatable bonds is 6. The lowest BCUT2D eigenvalue weighted by Gasteiger charge is -2.20. The normalized spacial score (nSPS) is 25.8. The van der Waals surface area contributed by atoms with Gasteiger partial charge in [-0.2, -0.15) is 0 Å². The molecule has 0 saturated heterocycles. The van der Waals surface area contributed by atoms with E-state index in [2.05, 4.69) is 0 Å². The molecule has 2 aromatic carbocycles. The van der Waals surface area contributed by atoms with Crippen molar-refractivity contribution in [2.75, 3.05) is 13.5 Å². The highest BCUT2D eigenvalue weighted by molar-refractivity contribution is 5.33. The number of benzene rings is 2. The Kier molecular flexibility index (Phi) is 1.70. The number of nitrogens with one attached hydrogen (secondary N) is 1. The van der Waals surface area contributed by atoms with E-state index in [1.165, 1.54) is 24.3 Å². The third-order valence-electron chi connectivity index (χ3n) is 2.31. The Morgan fingerprint density at radius 3 is 3.00 bits per heavy atom. The van der Waals surface area contributed by atoms with Gasteiger partial charge in [-0.3, -0.25) is 0 Å². The average Bonchev–Trinajstić information content (AvgIpc) is 2.61. The van der Waals surface area contributed by atoms with Gasteiger partial charge in [0.05, 0.1) is 6.85 Å². The second-order valence-electron chi connectivity index (χ2n) is 3.57. The Hall–Kier alpha value is -1.80. The van der Waals surface area contributed by atoms with Crippen molar-refractivity contribution in [3.63, 3.8) is 0 Å². The van der Waals surface area contributed by atoms with Crippen LogP contribution in [-0.4, -0.2) is 13.5 Å². The molecular weight excluding hydrogens is 234 g/mol. The highest BCUT2D eigenvalue weighted by atomic mass is 16.5. The van der Waals surface area contributed by atoms with Crippen LogP contribution in [0.2, 0.25) is 0 Å². The molecule has 0 fully saturated rings. The maximum atomic E-state index is 8.83. The summed E-state index contributed by atoms with van der Waals surface area (Å²) in [6.07, 6.45) is -3.41. The summed E-state index contributed by atoms with van der Waals surface area (Å²) in [5, 5.41) is 1.77. The van der Waals surface area contributed by atoms with Gasteiger partial charge in [-0.05, 0) is 37.5 Å². The third kappa shape index (κ3) is 3.83. The first-order valence-corrected chi connectivity index (χ1v) is 5.53. The number of ether oxygens (including phenoxy) is 1. The summed E-state index contributed by atoms with van der Waals surface area (Å²) in [5.74, 6) is -0.834. The van der Waals surface area contributed by atoms with Crippen molar-refractivity contribution in [3.8, 4) is 5.75 Å². The minimum Gasteiger partial charge on any atom is -0.485 e. The highest BCUT2D eigenvalue weighted by Gasteiger charge is 2.13. The zero-order chi connectivity index (χ0) is 24.7. The van der Waals surface area contributed by atoms with Gasteiger partial charge in [0.1, 0.15) is 11.8 Å². The number of hydrogen-bond donors (Lipinski definition) is 1. The Balaban J connectivity index is 2.72. The van der Waals surface area contributed by atoms with E-state index in [4.69, 9.17) is 22.6 Å². The van der Waals surface area contributed by atoms with Crippen molar-refractivity contribution < 1.29 is 22.6 Å². The molecule has 1 atom stereocenters. The van der Waals surface area contributed by atoms with Crippen molar-refractivity contribution in [3.05, 3.63) is 65.6 Å².